The van der Waals surface area contributed by atoms with E-state index in [0.29, 0.717) is 26.9 Å². The lowest BCUT2D eigenvalue weighted by molar-refractivity contribution is -0.113. The van der Waals surface area contributed by atoms with Gasteiger partial charge < -0.3 is 10.3 Å². The molecule has 8 heteroatoms. The zero-order valence-electron chi connectivity index (χ0n) is 14.7. The molecule has 0 aliphatic rings. The predicted molar refractivity (Wildman–Crippen MR) is 106 cm³/mol. The summed E-state index contributed by atoms with van der Waals surface area (Å²) in [4.78, 5) is 32.6. The van der Waals surface area contributed by atoms with Crippen LogP contribution in [-0.2, 0) is 4.79 Å². The van der Waals surface area contributed by atoms with Gasteiger partial charge in [0.05, 0.1) is 11.3 Å². The molecule has 0 aliphatic carbocycles. The number of amides is 1. The van der Waals surface area contributed by atoms with E-state index >= 15 is 0 Å². The van der Waals surface area contributed by atoms with Crippen molar-refractivity contribution in [3.05, 3.63) is 51.4 Å². The highest BCUT2D eigenvalue weighted by Crippen LogP contribution is 2.22. The maximum absolute atomic E-state index is 12.7. The fourth-order valence-electron chi connectivity index (χ4n) is 2.64. The van der Waals surface area contributed by atoms with Gasteiger partial charge in [0.1, 0.15) is 5.52 Å². The first-order valence-electron chi connectivity index (χ1n) is 8.15. The number of carbonyl (C=O) groups excluding carboxylic acids is 1. The van der Waals surface area contributed by atoms with Crippen molar-refractivity contribution in [2.24, 2.45) is 0 Å². The lowest BCUT2D eigenvalue weighted by atomic mass is 10.3. The first kappa shape index (κ1) is 18.5. The number of aromatic amines is 1. The first-order valence-corrected chi connectivity index (χ1v) is 9.51. The highest BCUT2D eigenvalue weighted by Gasteiger charge is 2.16. The van der Waals surface area contributed by atoms with Gasteiger partial charge in [0.2, 0.25) is 5.91 Å². The number of halogens is 1. The average molecular weight is 391 g/mol. The van der Waals surface area contributed by atoms with Gasteiger partial charge >= 0.3 is 0 Å². The van der Waals surface area contributed by atoms with E-state index in [1.807, 2.05) is 26.8 Å². The molecule has 0 aliphatic heterocycles. The van der Waals surface area contributed by atoms with Crippen LogP contribution in [0.5, 0.6) is 0 Å². The molecule has 26 heavy (non-hydrogen) atoms. The molecule has 3 aromatic rings. The van der Waals surface area contributed by atoms with E-state index in [0.717, 1.165) is 5.69 Å². The number of nitrogens with zero attached hydrogens (tertiary/aromatic N) is 2. The number of fused-ring (bicyclic) bond motifs is 1. The van der Waals surface area contributed by atoms with E-state index < -0.39 is 0 Å². The van der Waals surface area contributed by atoms with Gasteiger partial charge in [0.15, 0.2) is 5.16 Å². The molecule has 0 radical (unpaired) electrons. The average Bonchev–Trinajstić information content (AvgIpc) is 2.93. The Hall–Kier alpha value is -2.25. The molecule has 2 heterocycles. The Morgan fingerprint density at radius 2 is 2.15 bits per heavy atom. The predicted octanol–water partition coefficient (Wildman–Crippen LogP) is 4.00. The van der Waals surface area contributed by atoms with Crippen molar-refractivity contribution < 1.29 is 4.79 Å². The Bertz CT molecular complexity index is 1030. The van der Waals surface area contributed by atoms with E-state index in [1.54, 1.807) is 28.8 Å². The second-order valence-electron chi connectivity index (χ2n) is 6.22. The summed E-state index contributed by atoms with van der Waals surface area (Å²) in [5.41, 5.74) is 2.48. The van der Waals surface area contributed by atoms with Crippen LogP contribution in [0.2, 0.25) is 5.02 Å². The number of rotatable bonds is 5. The minimum absolute atomic E-state index is 0.0681. The van der Waals surface area contributed by atoms with Crippen molar-refractivity contribution in [2.45, 2.75) is 32.0 Å². The molecule has 1 aromatic carbocycles. The van der Waals surface area contributed by atoms with Crippen LogP contribution in [0.3, 0.4) is 0 Å². The largest absolute Gasteiger partial charge is 0.353 e. The Labute approximate surface area is 160 Å². The summed E-state index contributed by atoms with van der Waals surface area (Å²) < 4.78 is 1.61. The topological polar surface area (TPSA) is 79.8 Å². The van der Waals surface area contributed by atoms with Crippen molar-refractivity contribution in [1.29, 1.82) is 0 Å². The van der Waals surface area contributed by atoms with Gasteiger partial charge in [-0.1, -0.05) is 29.4 Å². The van der Waals surface area contributed by atoms with Crippen LogP contribution in [0, 0.1) is 6.92 Å². The molecule has 2 aromatic heterocycles. The summed E-state index contributed by atoms with van der Waals surface area (Å²) in [6.45, 7) is 5.72. The third kappa shape index (κ3) is 3.94. The van der Waals surface area contributed by atoms with Gasteiger partial charge in [-0.15, -0.1) is 0 Å². The van der Waals surface area contributed by atoms with E-state index in [1.165, 1.54) is 11.8 Å². The number of benzene rings is 1. The lowest BCUT2D eigenvalue weighted by Crippen LogP contribution is -2.25. The van der Waals surface area contributed by atoms with Gasteiger partial charge in [-0.05, 0) is 45.0 Å². The Kier molecular flexibility index (Phi) is 5.38. The van der Waals surface area contributed by atoms with Crippen LogP contribution < -0.4 is 10.9 Å². The van der Waals surface area contributed by atoms with Gasteiger partial charge in [-0.25, -0.2) is 4.98 Å². The Morgan fingerprint density at radius 3 is 2.85 bits per heavy atom. The first-order chi connectivity index (χ1) is 12.3. The molecule has 1 amide bonds. The van der Waals surface area contributed by atoms with Crippen LogP contribution in [0.1, 0.15) is 25.6 Å². The highest BCUT2D eigenvalue weighted by atomic mass is 35.5. The molecule has 0 saturated heterocycles. The third-order valence-corrected chi connectivity index (χ3v) is 4.93. The monoisotopic (exact) mass is 390 g/mol. The second kappa shape index (κ2) is 7.55. The minimum atomic E-state index is -0.188. The SMILES string of the molecule is Cc1cc2nc(SCC(=O)Nc3cccc(Cl)c3)n(C(C)C)c(=O)c2[nH]1. The standard InChI is InChI=1S/C18H19ClN4O2S/c1-10(2)23-17(25)16-14(7-11(3)20-16)22-18(23)26-9-15(24)21-13-6-4-5-12(19)8-13/h4-8,10,20H,9H2,1-3H3,(H,21,24). The molecule has 3 rings (SSSR count). The van der Waals surface area contributed by atoms with Crippen LogP contribution in [0.25, 0.3) is 11.0 Å². The van der Waals surface area contributed by atoms with E-state index in [-0.39, 0.29) is 23.3 Å². The molecular weight excluding hydrogens is 372 g/mol. The number of anilines is 1. The zero-order valence-corrected chi connectivity index (χ0v) is 16.2. The number of aromatic nitrogens is 3. The molecule has 136 valence electrons. The second-order valence-corrected chi connectivity index (χ2v) is 7.60. The number of hydrogen-bond acceptors (Lipinski definition) is 4. The maximum atomic E-state index is 12.7. The molecule has 0 unspecified atom stereocenters. The summed E-state index contributed by atoms with van der Waals surface area (Å²) in [7, 11) is 0. The lowest BCUT2D eigenvalue weighted by Gasteiger charge is -2.15. The zero-order chi connectivity index (χ0) is 18.8. The van der Waals surface area contributed by atoms with Crippen LogP contribution >= 0.6 is 23.4 Å². The molecule has 0 bridgehead atoms. The van der Waals surface area contributed by atoms with Gasteiger partial charge in [0, 0.05) is 22.4 Å². The van der Waals surface area contributed by atoms with Crippen molar-refractivity contribution in [2.75, 3.05) is 11.1 Å². The van der Waals surface area contributed by atoms with Crippen LogP contribution in [0.4, 0.5) is 5.69 Å². The van der Waals surface area contributed by atoms with E-state index in [2.05, 4.69) is 15.3 Å². The Morgan fingerprint density at radius 1 is 1.38 bits per heavy atom. The summed E-state index contributed by atoms with van der Waals surface area (Å²) in [5, 5.41) is 3.87. The molecule has 0 atom stereocenters. The fourth-order valence-corrected chi connectivity index (χ4v) is 3.76. The number of hydrogen-bond donors (Lipinski definition) is 2. The Balaban J connectivity index is 1.82. The number of carbonyl (C=O) groups is 1. The fraction of sp³-hybridized carbons (Fsp3) is 0.278. The van der Waals surface area contributed by atoms with Crippen molar-refractivity contribution in [1.82, 2.24) is 14.5 Å². The van der Waals surface area contributed by atoms with Gasteiger partial charge in [-0.2, -0.15) is 0 Å². The van der Waals surface area contributed by atoms with Crippen molar-refractivity contribution in [3.8, 4) is 0 Å². The van der Waals surface area contributed by atoms with Crippen molar-refractivity contribution in [3.63, 3.8) is 0 Å². The van der Waals surface area contributed by atoms with Crippen molar-refractivity contribution >= 4 is 46.0 Å². The van der Waals surface area contributed by atoms with E-state index in [4.69, 9.17) is 11.6 Å². The molecule has 0 saturated carbocycles. The summed E-state index contributed by atoms with van der Waals surface area (Å²) in [6.07, 6.45) is 0. The smallest absolute Gasteiger partial charge is 0.278 e. The van der Waals surface area contributed by atoms with Gasteiger partial charge in [-0.3, -0.25) is 14.2 Å². The third-order valence-electron chi connectivity index (χ3n) is 3.74. The number of aryl methyl sites for hydroxylation is 1. The van der Waals surface area contributed by atoms with Crippen LogP contribution in [-0.4, -0.2) is 26.2 Å². The molecule has 2 N–H and O–H groups in total. The number of thioether (sulfide) groups is 1. The maximum Gasteiger partial charge on any atom is 0.278 e. The molecule has 0 fully saturated rings. The summed E-state index contributed by atoms with van der Waals surface area (Å²) in [6, 6.07) is 8.72. The number of nitrogens with one attached hydrogen (secondary N) is 2. The van der Waals surface area contributed by atoms with Crippen LogP contribution in [0.15, 0.2) is 40.3 Å². The van der Waals surface area contributed by atoms with Gasteiger partial charge in [0.25, 0.3) is 5.56 Å². The summed E-state index contributed by atoms with van der Waals surface area (Å²) >= 11 is 7.16. The summed E-state index contributed by atoms with van der Waals surface area (Å²) in [5.74, 6) is -0.0483. The quantitative estimate of drug-likeness (QED) is 0.509. The van der Waals surface area contributed by atoms with E-state index in [9.17, 15) is 9.59 Å². The number of H-pyrrole nitrogens is 1. The molecule has 6 nitrogen and oxygen atoms in total. The molecule has 0 spiro atoms. The highest BCUT2D eigenvalue weighted by molar-refractivity contribution is 7.99. The normalized spacial score (nSPS) is 11.3. The molecular formula is C18H19ClN4O2S. The minimum Gasteiger partial charge on any atom is -0.353 e.